The fourth-order valence-electron chi connectivity index (χ4n) is 3.62. The summed E-state index contributed by atoms with van der Waals surface area (Å²) in [4.78, 5) is 24.9. The van der Waals surface area contributed by atoms with Gasteiger partial charge in [0.05, 0.1) is 29.8 Å². The van der Waals surface area contributed by atoms with Crippen molar-refractivity contribution in [3.63, 3.8) is 0 Å². The smallest absolute Gasteiger partial charge is 0.379 e. The Morgan fingerprint density at radius 2 is 1.94 bits per heavy atom. The molecule has 0 aliphatic carbocycles. The van der Waals surface area contributed by atoms with Crippen molar-refractivity contribution in [2.75, 3.05) is 32.8 Å². The van der Waals surface area contributed by atoms with Crippen molar-refractivity contribution in [2.24, 2.45) is 0 Å². The number of benzene rings is 1. The molecule has 1 saturated heterocycles. The summed E-state index contributed by atoms with van der Waals surface area (Å²) in [5.74, 6) is -1.58. The summed E-state index contributed by atoms with van der Waals surface area (Å²) < 4.78 is 43.9. The van der Waals surface area contributed by atoms with E-state index in [1.165, 1.54) is 0 Å². The summed E-state index contributed by atoms with van der Waals surface area (Å²) in [6.45, 7) is 2.25. The lowest BCUT2D eigenvalue weighted by molar-refractivity contribution is -0.145. The Morgan fingerprint density at radius 1 is 1.23 bits per heavy atom. The minimum Gasteiger partial charge on any atom is -0.379 e. The van der Waals surface area contributed by atoms with Gasteiger partial charge in [0.25, 0.3) is 5.91 Å². The van der Waals surface area contributed by atoms with Crippen LogP contribution in [0, 0.1) is 0 Å². The van der Waals surface area contributed by atoms with E-state index < -0.39 is 18.0 Å². The second-order valence-corrected chi connectivity index (χ2v) is 7.48. The molecule has 7 nitrogen and oxygen atoms in total. The summed E-state index contributed by atoms with van der Waals surface area (Å²) in [6.07, 6.45) is -0.592. The zero-order valence-electron chi connectivity index (χ0n) is 16.2. The van der Waals surface area contributed by atoms with Gasteiger partial charge in [-0.15, -0.1) is 0 Å². The Morgan fingerprint density at radius 3 is 2.61 bits per heavy atom. The van der Waals surface area contributed by atoms with E-state index in [0.717, 1.165) is 17.9 Å². The number of H-pyrrole nitrogens is 1. The van der Waals surface area contributed by atoms with Crippen molar-refractivity contribution >= 4 is 28.4 Å². The number of halogens is 4. The van der Waals surface area contributed by atoms with Gasteiger partial charge < -0.3 is 15.0 Å². The van der Waals surface area contributed by atoms with E-state index in [1.54, 1.807) is 24.4 Å². The van der Waals surface area contributed by atoms with Crippen LogP contribution in [0.1, 0.15) is 27.8 Å². The van der Waals surface area contributed by atoms with Gasteiger partial charge in [0, 0.05) is 54.7 Å². The molecule has 1 atom stereocenters. The maximum Gasteiger partial charge on any atom is 0.451 e. The van der Waals surface area contributed by atoms with E-state index in [1.807, 2.05) is 4.90 Å². The number of carbonyl (C=O) groups excluding carboxylic acids is 1. The molecule has 1 aliphatic rings. The molecule has 11 heteroatoms. The van der Waals surface area contributed by atoms with Crippen LogP contribution in [-0.4, -0.2) is 58.6 Å². The number of hydrogen-bond donors (Lipinski definition) is 2. The van der Waals surface area contributed by atoms with E-state index >= 15 is 0 Å². The number of fused-ring (bicyclic) bond motifs is 1. The van der Waals surface area contributed by atoms with Crippen molar-refractivity contribution in [1.29, 1.82) is 0 Å². The molecule has 0 radical (unpaired) electrons. The Hall–Kier alpha value is -2.69. The van der Waals surface area contributed by atoms with Crippen LogP contribution in [0.5, 0.6) is 0 Å². The van der Waals surface area contributed by atoms with Gasteiger partial charge in [0.15, 0.2) is 0 Å². The molecule has 4 rings (SSSR count). The van der Waals surface area contributed by atoms with E-state index in [0.29, 0.717) is 47.8 Å². The summed E-state index contributed by atoms with van der Waals surface area (Å²) in [7, 11) is 0. The predicted molar refractivity (Wildman–Crippen MR) is 108 cm³/mol. The molecule has 1 aromatic carbocycles. The number of nitrogens with zero attached hydrogens (tertiary/aromatic N) is 3. The normalized spacial score (nSPS) is 16.4. The van der Waals surface area contributed by atoms with Crippen LogP contribution in [0.3, 0.4) is 0 Å². The summed E-state index contributed by atoms with van der Waals surface area (Å²) in [5.41, 5.74) is 1.58. The standard InChI is InChI=1S/C20H19ClF3N5O2/c21-14-1-2-15-13(3-4-25-15)17(14)18(30)26-11-16(29-5-7-31-8-6-29)12-9-27-19(28-10-12)20(22,23)24/h1-4,9-10,16,25H,5-8,11H2,(H,26,30). The van der Waals surface area contributed by atoms with Crippen molar-refractivity contribution in [3.8, 4) is 0 Å². The first-order chi connectivity index (χ1) is 14.8. The zero-order chi connectivity index (χ0) is 22.0. The molecular weight excluding hydrogens is 435 g/mol. The van der Waals surface area contributed by atoms with Gasteiger partial charge in [-0.25, -0.2) is 9.97 Å². The molecule has 0 bridgehead atoms. The number of aromatic nitrogens is 3. The molecule has 1 aliphatic heterocycles. The van der Waals surface area contributed by atoms with Crippen LogP contribution >= 0.6 is 11.6 Å². The van der Waals surface area contributed by atoms with Gasteiger partial charge >= 0.3 is 6.18 Å². The number of amides is 1. The first kappa shape index (κ1) is 21.5. The first-order valence-electron chi connectivity index (χ1n) is 9.59. The van der Waals surface area contributed by atoms with E-state index in [2.05, 4.69) is 20.3 Å². The monoisotopic (exact) mass is 453 g/mol. The van der Waals surface area contributed by atoms with Gasteiger partial charge in [-0.3, -0.25) is 9.69 Å². The number of ether oxygens (including phenoxy) is 1. The Bertz CT molecular complexity index is 1060. The minimum absolute atomic E-state index is 0.144. The zero-order valence-corrected chi connectivity index (χ0v) is 17.0. The average Bonchev–Trinajstić information content (AvgIpc) is 3.23. The van der Waals surface area contributed by atoms with Crippen molar-refractivity contribution in [1.82, 2.24) is 25.2 Å². The fraction of sp³-hybridized carbons (Fsp3) is 0.350. The molecule has 3 heterocycles. The highest BCUT2D eigenvalue weighted by atomic mass is 35.5. The van der Waals surface area contributed by atoms with Gasteiger partial charge in [-0.05, 0) is 18.2 Å². The van der Waals surface area contributed by atoms with Gasteiger partial charge in [0.1, 0.15) is 0 Å². The van der Waals surface area contributed by atoms with E-state index in [4.69, 9.17) is 16.3 Å². The number of morpholine rings is 1. The Kier molecular flexibility index (Phi) is 6.12. The van der Waals surface area contributed by atoms with Crippen LogP contribution in [0.2, 0.25) is 5.02 Å². The van der Waals surface area contributed by atoms with Crippen molar-refractivity contribution in [2.45, 2.75) is 12.2 Å². The van der Waals surface area contributed by atoms with Gasteiger partial charge in [0.2, 0.25) is 5.82 Å². The molecule has 31 heavy (non-hydrogen) atoms. The second-order valence-electron chi connectivity index (χ2n) is 7.07. The van der Waals surface area contributed by atoms with E-state index in [-0.39, 0.29) is 12.5 Å². The maximum absolute atomic E-state index is 12.9. The molecule has 2 N–H and O–H groups in total. The highest BCUT2D eigenvalue weighted by Crippen LogP contribution is 2.28. The Labute approximate surface area is 180 Å². The topological polar surface area (TPSA) is 83.1 Å². The molecule has 2 aromatic heterocycles. The van der Waals surface area contributed by atoms with Crippen molar-refractivity contribution < 1.29 is 22.7 Å². The SMILES string of the molecule is O=C(NCC(c1cnc(C(F)(F)F)nc1)N1CCOCC1)c1c(Cl)ccc2[nH]ccc12. The lowest BCUT2D eigenvalue weighted by Crippen LogP contribution is -2.44. The number of nitrogens with one attached hydrogen (secondary N) is 2. The third-order valence-electron chi connectivity index (χ3n) is 5.16. The maximum atomic E-state index is 12.9. The largest absolute Gasteiger partial charge is 0.451 e. The van der Waals surface area contributed by atoms with Crippen LogP contribution in [0.25, 0.3) is 10.9 Å². The molecule has 0 spiro atoms. The lowest BCUT2D eigenvalue weighted by atomic mass is 10.1. The minimum atomic E-state index is -4.62. The number of rotatable bonds is 5. The first-order valence-corrected chi connectivity index (χ1v) is 9.97. The summed E-state index contributed by atoms with van der Waals surface area (Å²) in [6, 6.07) is 4.77. The molecule has 3 aromatic rings. The molecule has 1 amide bonds. The summed E-state index contributed by atoms with van der Waals surface area (Å²) in [5, 5.41) is 3.86. The van der Waals surface area contributed by atoms with Crippen LogP contribution in [-0.2, 0) is 10.9 Å². The van der Waals surface area contributed by atoms with E-state index in [9.17, 15) is 18.0 Å². The summed E-state index contributed by atoms with van der Waals surface area (Å²) >= 11 is 6.27. The molecule has 1 fully saturated rings. The van der Waals surface area contributed by atoms with Gasteiger partial charge in [-0.2, -0.15) is 13.2 Å². The van der Waals surface area contributed by atoms with Crippen LogP contribution < -0.4 is 5.32 Å². The third-order valence-corrected chi connectivity index (χ3v) is 5.48. The quantitative estimate of drug-likeness (QED) is 0.618. The highest BCUT2D eigenvalue weighted by Gasteiger charge is 2.35. The fourth-order valence-corrected chi connectivity index (χ4v) is 3.87. The van der Waals surface area contributed by atoms with Crippen LogP contribution in [0.4, 0.5) is 13.2 Å². The lowest BCUT2D eigenvalue weighted by Gasteiger charge is -2.34. The van der Waals surface area contributed by atoms with Crippen LogP contribution in [0.15, 0.2) is 36.8 Å². The number of aromatic amines is 1. The molecule has 1 unspecified atom stereocenters. The predicted octanol–water partition coefficient (Wildman–Crippen LogP) is 3.43. The van der Waals surface area contributed by atoms with Crippen molar-refractivity contribution in [3.05, 3.63) is 58.8 Å². The third kappa shape index (κ3) is 4.65. The average molecular weight is 454 g/mol. The number of carbonyl (C=O) groups is 1. The molecule has 0 saturated carbocycles. The molecule has 164 valence electrons. The van der Waals surface area contributed by atoms with Gasteiger partial charge in [-0.1, -0.05) is 11.6 Å². The molecular formula is C20H19ClF3N5O2. The number of alkyl halides is 3. The number of hydrogen-bond acceptors (Lipinski definition) is 5. The highest BCUT2D eigenvalue weighted by molar-refractivity contribution is 6.35. The second kappa shape index (κ2) is 8.81. The Balaban J connectivity index is 1.57.